The Morgan fingerprint density at radius 2 is 2.00 bits per heavy atom. The van der Waals surface area contributed by atoms with Gasteiger partial charge in [-0.1, -0.05) is 0 Å². The minimum Gasteiger partial charge on any atom is -0.345 e. The van der Waals surface area contributed by atoms with E-state index in [1.165, 1.54) is 17.0 Å². The number of sulfonamides is 1. The molecule has 1 heterocycles. The summed E-state index contributed by atoms with van der Waals surface area (Å²) in [6.45, 7) is 0.548. The first-order valence-electron chi connectivity index (χ1n) is 6.01. The van der Waals surface area contributed by atoms with Crippen LogP contribution in [0.15, 0.2) is 27.6 Å². The van der Waals surface area contributed by atoms with Gasteiger partial charge in [0, 0.05) is 20.1 Å². The van der Waals surface area contributed by atoms with Crippen LogP contribution >= 0.6 is 15.9 Å². The Hall–Kier alpha value is -0.990. The number of halogens is 2. The van der Waals surface area contributed by atoms with Crippen molar-refractivity contribution in [3.05, 3.63) is 28.5 Å². The van der Waals surface area contributed by atoms with Crippen LogP contribution in [-0.2, 0) is 14.8 Å². The zero-order valence-corrected chi connectivity index (χ0v) is 13.2. The highest BCUT2D eigenvalue weighted by molar-refractivity contribution is 9.10. The summed E-state index contributed by atoms with van der Waals surface area (Å²) in [5.41, 5.74) is 0. The molecule has 110 valence electrons. The van der Waals surface area contributed by atoms with Crippen LogP contribution in [0.3, 0.4) is 0 Å². The van der Waals surface area contributed by atoms with E-state index >= 15 is 0 Å². The molecule has 1 aromatic rings. The molecule has 1 amide bonds. The lowest BCUT2D eigenvalue weighted by molar-refractivity contribution is -0.129. The van der Waals surface area contributed by atoms with Crippen LogP contribution in [0.5, 0.6) is 0 Å². The van der Waals surface area contributed by atoms with Crippen molar-refractivity contribution in [1.82, 2.24) is 9.21 Å². The molecule has 0 radical (unpaired) electrons. The molecule has 0 N–H and O–H groups in total. The maximum atomic E-state index is 13.5. The molecule has 5 nitrogen and oxygen atoms in total. The first-order valence-corrected chi connectivity index (χ1v) is 8.25. The molecule has 1 aromatic carbocycles. The van der Waals surface area contributed by atoms with E-state index < -0.39 is 15.8 Å². The molecule has 2 rings (SSSR count). The summed E-state index contributed by atoms with van der Waals surface area (Å²) < 4.78 is 39.6. The van der Waals surface area contributed by atoms with Crippen molar-refractivity contribution < 1.29 is 17.6 Å². The lowest BCUT2D eigenvalue weighted by atomic mass is 10.3. The van der Waals surface area contributed by atoms with Crippen molar-refractivity contribution in [2.24, 2.45) is 0 Å². The summed E-state index contributed by atoms with van der Waals surface area (Å²) in [5, 5.41) is 0. The van der Waals surface area contributed by atoms with E-state index in [0.717, 1.165) is 10.4 Å². The molecule has 0 spiro atoms. The lowest BCUT2D eigenvalue weighted by Crippen LogP contribution is -2.38. The van der Waals surface area contributed by atoms with Crippen LogP contribution in [0.2, 0.25) is 0 Å². The number of hydrogen-bond donors (Lipinski definition) is 0. The predicted octanol–water partition coefficient (Wildman–Crippen LogP) is 1.44. The average molecular weight is 365 g/mol. The molecule has 0 aliphatic carbocycles. The number of carbonyl (C=O) groups excluding carboxylic acids is 1. The highest BCUT2D eigenvalue weighted by Crippen LogP contribution is 2.23. The van der Waals surface area contributed by atoms with Gasteiger partial charge in [-0.15, -0.1) is 0 Å². The SMILES string of the molecule is CN1CCCN(S(=O)(=O)c2ccc(Br)c(F)c2)CC1=O. The van der Waals surface area contributed by atoms with Crippen LogP contribution in [-0.4, -0.2) is 50.2 Å². The Morgan fingerprint density at radius 3 is 2.65 bits per heavy atom. The molecule has 0 atom stereocenters. The predicted molar refractivity (Wildman–Crippen MR) is 75.1 cm³/mol. The van der Waals surface area contributed by atoms with E-state index in [9.17, 15) is 17.6 Å². The molecule has 0 aromatic heterocycles. The fourth-order valence-electron chi connectivity index (χ4n) is 1.95. The molecular weight excluding hydrogens is 351 g/mol. The molecule has 0 saturated carbocycles. The molecule has 1 saturated heterocycles. The molecule has 0 unspecified atom stereocenters. The van der Waals surface area contributed by atoms with Crippen molar-refractivity contribution in [3.8, 4) is 0 Å². The smallest absolute Gasteiger partial charge is 0.243 e. The van der Waals surface area contributed by atoms with E-state index in [0.29, 0.717) is 13.0 Å². The fraction of sp³-hybridized carbons (Fsp3) is 0.417. The van der Waals surface area contributed by atoms with Gasteiger partial charge in [0.25, 0.3) is 0 Å². The van der Waals surface area contributed by atoms with E-state index in [4.69, 9.17) is 0 Å². The summed E-state index contributed by atoms with van der Waals surface area (Å²) in [6, 6.07) is 3.62. The molecular formula is C12H14BrFN2O3S. The van der Waals surface area contributed by atoms with Crippen LogP contribution < -0.4 is 0 Å². The molecule has 8 heteroatoms. The number of carbonyl (C=O) groups is 1. The zero-order chi connectivity index (χ0) is 14.9. The molecule has 20 heavy (non-hydrogen) atoms. The molecule has 0 bridgehead atoms. The number of likely N-dealkylation sites (N-methyl/N-ethyl adjacent to an activating group) is 1. The number of nitrogens with zero attached hydrogens (tertiary/aromatic N) is 2. The summed E-state index contributed by atoms with van der Waals surface area (Å²) in [7, 11) is -2.22. The van der Waals surface area contributed by atoms with Gasteiger partial charge < -0.3 is 4.90 Å². The normalized spacial score (nSPS) is 18.1. The quantitative estimate of drug-likeness (QED) is 0.797. The summed E-state index contributed by atoms with van der Waals surface area (Å²) in [6.07, 6.45) is 0.556. The Kier molecular flexibility index (Phi) is 4.46. The Morgan fingerprint density at radius 1 is 1.30 bits per heavy atom. The van der Waals surface area contributed by atoms with E-state index in [2.05, 4.69) is 15.9 Å². The number of benzene rings is 1. The third-order valence-corrected chi connectivity index (χ3v) is 5.65. The summed E-state index contributed by atoms with van der Waals surface area (Å²) in [4.78, 5) is 13.1. The van der Waals surface area contributed by atoms with Gasteiger partial charge in [-0.3, -0.25) is 4.79 Å². The third kappa shape index (κ3) is 3.02. The Bertz CT molecular complexity index is 636. The van der Waals surface area contributed by atoms with Crippen molar-refractivity contribution in [2.45, 2.75) is 11.3 Å². The van der Waals surface area contributed by atoms with E-state index in [-0.39, 0.29) is 28.4 Å². The van der Waals surface area contributed by atoms with Gasteiger partial charge in [-0.2, -0.15) is 4.31 Å². The summed E-state index contributed by atoms with van der Waals surface area (Å²) >= 11 is 2.98. The standard InChI is InChI=1S/C12H14BrFN2O3S/c1-15-5-2-6-16(8-12(15)17)20(18,19)9-3-4-10(13)11(14)7-9/h3-4,7H,2,5-6,8H2,1H3. The first-order chi connectivity index (χ1) is 9.32. The number of amides is 1. The highest BCUT2D eigenvalue weighted by Gasteiger charge is 2.30. The second-order valence-corrected chi connectivity index (χ2v) is 7.38. The van der Waals surface area contributed by atoms with Crippen molar-refractivity contribution in [1.29, 1.82) is 0 Å². The number of hydrogen-bond acceptors (Lipinski definition) is 3. The van der Waals surface area contributed by atoms with Gasteiger partial charge in [0.1, 0.15) is 5.82 Å². The van der Waals surface area contributed by atoms with Crippen LogP contribution in [0.25, 0.3) is 0 Å². The topological polar surface area (TPSA) is 57.7 Å². The van der Waals surface area contributed by atoms with Gasteiger partial charge in [-0.05, 0) is 40.5 Å². The maximum Gasteiger partial charge on any atom is 0.243 e. The van der Waals surface area contributed by atoms with Gasteiger partial charge in [0.15, 0.2) is 0 Å². The summed E-state index contributed by atoms with van der Waals surface area (Å²) in [5.74, 6) is -0.909. The Labute approximate surface area is 125 Å². The van der Waals surface area contributed by atoms with Gasteiger partial charge >= 0.3 is 0 Å². The van der Waals surface area contributed by atoms with Gasteiger partial charge in [0.2, 0.25) is 15.9 Å². The van der Waals surface area contributed by atoms with Crippen LogP contribution in [0.1, 0.15) is 6.42 Å². The van der Waals surface area contributed by atoms with E-state index in [1.807, 2.05) is 0 Å². The second kappa shape index (κ2) is 5.79. The molecule has 1 aliphatic rings. The highest BCUT2D eigenvalue weighted by atomic mass is 79.9. The lowest BCUT2D eigenvalue weighted by Gasteiger charge is -2.19. The Balaban J connectivity index is 2.34. The molecule has 1 fully saturated rings. The largest absolute Gasteiger partial charge is 0.345 e. The second-order valence-electron chi connectivity index (χ2n) is 4.58. The average Bonchev–Trinajstić information content (AvgIpc) is 2.56. The first kappa shape index (κ1) is 15.4. The minimum absolute atomic E-state index is 0.143. The number of rotatable bonds is 2. The van der Waals surface area contributed by atoms with Gasteiger partial charge in [-0.25, -0.2) is 12.8 Å². The third-order valence-electron chi connectivity index (χ3n) is 3.17. The van der Waals surface area contributed by atoms with Crippen molar-refractivity contribution in [3.63, 3.8) is 0 Å². The van der Waals surface area contributed by atoms with E-state index in [1.54, 1.807) is 7.05 Å². The van der Waals surface area contributed by atoms with Crippen molar-refractivity contribution >= 4 is 31.9 Å². The zero-order valence-electron chi connectivity index (χ0n) is 10.8. The van der Waals surface area contributed by atoms with Gasteiger partial charge in [0.05, 0.1) is 15.9 Å². The maximum absolute atomic E-state index is 13.5. The molecule has 1 aliphatic heterocycles. The van der Waals surface area contributed by atoms with Crippen molar-refractivity contribution in [2.75, 3.05) is 26.7 Å². The van der Waals surface area contributed by atoms with Crippen LogP contribution in [0.4, 0.5) is 4.39 Å². The monoisotopic (exact) mass is 364 g/mol. The van der Waals surface area contributed by atoms with Crippen LogP contribution in [0, 0.1) is 5.82 Å². The fourth-order valence-corrected chi connectivity index (χ4v) is 3.64. The minimum atomic E-state index is -3.86.